The molecule has 2 aromatic carbocycles. The summed E-state index contributed by atoms with van der Waals surface area (Å²) in [6.07, 6.45) is 0. The normalized spacial score (nSPS) is 28.4. The van der Waals surface area contributed by atoms with Gasteiger partial charge in [0, 0.05) is 10.8 Å². The molecule has 0 nitrogen and oxygen atoms in total. The summed E-state index contributed by atoms with van der Waals surface area (Å²) in [5.41, 5.74) is 11.7. The van der Waals surface area contributed by atoms with Crippen LogP contribution in [0.25, 0.3) is 11.1 Å². The molecule has 0 amide bonds. The van der Waals surface area contributed by atoms with Gasteiger partial charge in [0.2, 0.25) is 0 Å². The lowest BCUT2D eigenvalue weighted by Gasteiger charge is -2.46. The van der Waals surface area contributed by atoms with Crippen LogP contribution in [0.15, 0.2) is 59.7 Å². The van der Waals surface area contributed by atoms with Crippen molar-refractivity contribution in [2.24, 2.45) is 0 Å². The molecule has 0 radical (unpaired) electrons. The minimum absolute atomic E-state index is 0.00831. The van der Waals surface area contributed by atoms with Gasteiger partial charge in [0.05, 0.1) is 0 Å². The van der Waals surface area contributed by atoms with Crippen LogP contribution in [0.5, 0.6) is 0 Å². The van der Waals surface area contributed by atoms with E-state index in [-0.39, 0.29) is 10.8 Å². The molecule has 2 aliphatic rings. The monoisotopic (exact) mass is 314 g/mol. The average Bonchev–Trinajstić information content (AvgIpc) is 2.94. The zero-order chi connectivity index (χ0) is 17.3. The van der Waals surface area contributed by atoms with E-state index in [1.54, 1.807) is 0 Å². The standard InChI is InChI=1S/C24H26/c1-15-17(3)23(5,21-13-9-7-11-19(15)21)24(6)18(4)16(2)20-12-8-10-14-22(20)24/h7-14H,1-6H3/t23-,24-/m0/s1. The van der Waals surface area contributed by atoms with E-state index in [2.05, 4.69) is 90.1 Å². The van der Waals surface area contributed by atoms with Crippen LogP contribution in [-0.2, 0) is 10.8 Å². The van der Waals surface area contributed by atoms with Crippen LogP contribution < -0.4 is 0 Å². The Balaban J connectivity index is 2.10. The van der Waals surface area contributed by atoms with Gasteiger partial charge in [0.15, 0.2) is 0 Å². The van der Waals surface area contributed by atoms with E-state index in [1.807, 2.05) is 0 Å². The number of hydrogen-bond donors (Lipinski definition) is 0. The van der Waals surface area contributed by atoms with Crippen molar-refractivity contribution in [2.45, 2.75) is 52.4 Å². The smallest absolute Gasteiger partial charge is 0.0274 e. The molecule has 0 aromatic heterocycles. The van der Waals surface area contributed by atoms with Crippen molar-refractivity contribution in [1.82, 2.24) is 0 Å². The zero-order valence-corrected chi connectivity index (χ0v) is 15.6. The summed E-state index contributed by atoms with van der Waals surface area (Å²) in [5.74, 6) is 0. The van der Waals surface area contributed by atoms with E-state index < -0.39 is 0 Å². The highest BCUT2D eigenvalue weighted by Crippen LogP contribution is 2.62. The third kappa shape index (κ3) is 1.50. The van der Waals surface area contributed by atoms with Crippen LogP contribution >= 0.6 is 0 Å². The fraction of sp³-hybridized carbons (Fsp3) is 0.333. The maximum absolute atomic E-state index is 2.45. The third-order valence-corrected chi connectivity index (χ3v) is 7.36. The summed E-state index contributed by atoms with van der Waals surface area (Å²) in [6.45, 7) is 14.2. The molecule has 0 saturated heterocycles. The predicted octanol–water partition coefficient (Wildman–Crippen LogP) is 6.52. The summed E-state index contributed by atoms with van der Waals surface area (Å²) >= 11 is 0. The second-order valence-electron chi connectivity index (χ2n) is 7.84. The van der Waals surface area contributed by atoms with Crippen molar-refractivity contribution >= 4 is 11.1 Å². The van der Waals surface area contributed by atoms with Gasteiger partial charge in [-0.3, -0.25) is 0 Å². The summed E-state index contributed by atoms with van der Waals surface area (Å²) in [7, 11) is 0. The highest BCUT2D eigenvalue weighted by atomic mass is 14.6. The lowest BCUT2D eigenvalue weighted by molar-refractivity contribution is 0.358. The first-order valence-corrected chi connectivity index (χ1v) is 8.90. The highest BCUT2D eigenvalue weighted by molar-refractivity contribution is 5.85. The summed E-state index contributed by atoms with van der Waals surface area (Å²) in [5, 5.41) is 0. The SMILES string of the molecule is CC1=C(C)[C@](C)([C@@]2(C)C(C)=C(C)c3ccccc32)c2ccccc21. The number of fused-ring (bicyclic) bond motifs is 2. The van der Waals surface area contributed by atoms with Gasteiger partial charge < -0.3 is 0 Å². The Morgan fingerprint density at radius 3 is 1.25 bits per heavy atom. The Morgan fingerprint density at radius 2 is 0.875 bits per heavy atom. The van der Waals surface area contributed by atoms with Crippen LogP contribution in [0, 0.1) is 0 Å². The molecule has 2 aromatic rings. The van der Waals surface area contributed by atoms with E-state index in [0.717, 1.165) is 0 Å². The van der Waals surface area contributed by atoms with Crippen molar-refractivity contribution in [3.8, 4) is 0 Å². The molecular weight excluding hydrogens is 288 g/mol. The quantitative estimate of drug-likeness (QED) is 0.562. The Hall–Kier alpha value is -2.08. The van der Waals surface area contributed by atoms with Gasteiger partial charge in [-0.1, -0.05) is 73.5 Å². The summed E-state index contributed by atoms with van der Waals surface area (Å²) in [4.78, 5) is 0. The molecule has 0 fully saturated rings. The molecule has 0 unspecified atom stereocenters. The fourth-order valence-electron chi connectivity index (χ4n) is 5.34. The Kier molecular flexibility index (Phi) is 3.04. The van der Waals surface area contributed by atoms with Gasteiger partial charge in [-0.25, -0.2) is 0 Å². The predicted molar refractivity (Wildman–Crippen MR) is 104 cm³/mol. The minimum atomic E-state index is -0.00831. The molecule has 0 heteroatoms. The van der Waals surface area contributed by atoms with Gasteiger partial charge >= 0.3 is 0 Å². The van der Waals surface area contributed by atoms with Gasteiger partial charge in [-0.05, 0) is 61.1 Å². The Bertz CT molecular complexity index is 847. The van der Waals surface area contributed by atoms with Gasteiger partial charge in [-0.15, -0.1) is 0 Å². The molecule has 0 saturated carbocycles. The Labute approximate surface area is 145 Å². The van der Waals surface area contributed by atoms with Gasteiger partial charge in [-0.2, -0.15) is 0 Å². The van der Waals surface area contributed by atoms with E-state index in [0.29, 0.717) is 0 Å². The molecule has 4 rings (SSSR count). The first-order valence-electron chi connectivity index (χ1n) is 8.90. The Morgan fingerprint density at radius 1 is 0.542 bits per heavy atom. The minimum Gasteiger partial charge on any atom is -0.0619 e. The molecule has 2 aliphatic carbocycles. The van der Waals surface area contributed by atoms with Crippen molar-refractivity contribution in [3.05, 3.63) is 81.9 Å². The van der Waals surface area contributed by atoms with Crippen molar-refractivity contribution in [1.29, 1.82) is 0 Å². The van der Waals surface area contributed by atoms with Crippen LogP contribution in [0.4, 0.5) is 0 Å². The van der Waals surface area contributed by atoms with E-state index in [4.69, 9.17) is 0 Å². The van der Waals surface area contributed by atoms with Crippen LogP contribution in [0.2, 0.25) is 0 Å². The average molecular weight is 314 g/mol. The summed E-state index contributed by atoms with van der Waals surface area (Å²) < 4.78 is 0. The number of allylic oxidation sites excluding steroid dienone is 4. The van der Waals surface area contributed by atoms with Gasteiger partial charge in [0.25, 0.3) is 0 Å². The van der Waals surface area contributed by atoms with Crippen molar-refractivity contribution in [3.63, 3.8) is 0 Å². The first-order chi connectivity index (χ1) is 11.3. The fourth-order valence-corrected chi connectivity index (χ4v) is 5.34. The van der Waals surface area contributed by atoms with Crippen molar-refractivity contribution < 1.29 is 0 Å². The largest absolute Gasteiger partial charge is 0.0619 e. The molecule has 0 N–H and O–H groups in total. The molecular formula is C24H26. The molecule has 24 heavy (non-hydrogen) atoms. The zero-order valence-electron chi connectivity index (χ0n) is 15.6. The third-order valence-electron chi connectivity index (χ3n) is 7.36. The molecule has 2 atom stereocenters. The number of hydrogen-bond acceptors (Lipinski definition) is 0. The van der Waals surface area contributed by atoms with E-state index >= 15 is 0 Å². The second kappa shape index (κ2) is 4.72. The highest BCUT2D eigenvalue weighted by Gasteiger charge is 2.55. The van der Waals surface area contributed by atoms with Gasteiger partial charge in [0.1, 0.15) is 0 Å². The topological polar surface area (TPSA) is 0 Å². The second-order valence-corrected chi connectivity index (χ2v) is 7.84. The number of rotatable bonds is 1. The maximum Gasteiger partial charge on any atom is 0.0274 e. The first kappa shape index (κ1) is 15.4. The van der Waals surface area contributed by atoms with E-state index in [1.165, 1.54) is 44.5 Å². The van der Waals surface area contributed by atoms with Crippen LogP contribution in [0.3, 0.4) is 0 Å². The lowest BCUT2D eigenvalue weighted by atomic mass is 9.56. The van der Waals surface area contributed by atoms with Crippen LogP contribution in [-0.4, -0.2) is 0 Å². The maximum atomic E-state index is 2.45. The summed E-state index contributed by atoms with van der Waals surface area (Å²) in [6, 6.07) is 18.0. The van der Waals surface area contributed by atoms with E-state index in [9.17, 15) is 0 Å². The molecule has 0 heterocycles. The van der Waals surface area contributed by atoms with Crippen molar-refractivity contribution in [2.75, 3.05) is 0 Å². The molecule has 0 aliphatic heterocycles. The number of benzene rings is 2. The van der Waals surface area contributed by atoms with Crippen LogP contribution in [0.1, 0.15) is 63.8 Å². The molecule has 0 spiro atoms. The molecule has 122 valence electrons. The molecule has 0 bridgehead atoms. The lowest BCUT2D eigenvalue weighted by Crippen LogP contribution is -2.45.